The summed E-state index contributed by atoms with van der Waals surface area (Å²) in [6.07, 6.45) is -4.37. The highest BCUT2D eigenvalue weighted by Gasteiger charge is 2.65. The summed E-state index contributed by atoms with van der Waals surface area (Å²) in [5, 5.41) is 9.22. The van der Waals surface area contributed by atoms with Gasteiger partial charge in [-0.15, -0.1) is 0 Å². The first kappa shape index (κ1) is 19.8. The second kappa shape index (κ2) is 6.99. The number of methoxy groups -OCH3 is 1. The van der Waals surface area contributed by atoms with Gasteiger partial charge in [0.15, 0.2) is 0 Å². The molecule has 10 heteroatoms. The fourth-order valence-electron chi connectivity index (χ4n) is 2.30. The van der Waals surface area contributed by atoms with Crippen LogP contribution in [-0.4, -0.2) is 37.4 Å². The largest absolute Gasteiger partial charge is 0.497 e. The molecule has 1 heterocycles. The first-order chi connectivity index (χ1) is 11.6. The number of benzene rings is 1. The van der Waals surface area contributed by atoms with Crippen molar-refractivity contribution in [2.24, 2.45) is 0 Å². The van der Waals surface area contributed by atoms with Crippen LogP contribution in [0, 0.1) is 0 Å². The zero-order chi connectivity index (χ0) is 18.9. The maximum atomic E-state index is 13.6. The highest BCUT2D eigenvalue weighted by atomic mass is 31.2. The standard InChI is InChI=1S/C15H18F3O6P/c1-4-22-25(20,23-5-2)13-9-10-8-11(21-3)6-7-12(10)24-14(13,19)15(16,17)18/h6-9,19H,4-5H2,1-3H3. The van der Waals surface area contributed by atoms with Gasteiger partial charge in [-0.05, 0) is 38.1 Å². The second-order valence-electron chi connectivity index (χ2n) is 5.01. The Hall–Kier alpha value is -1.54. The minimum atomic E-state index is -5.28. The molecule has 0 saturated carbocycles. The summed E-state index contributed by atoms with van der Waals surface area (Å²) >= 11 is 0. The first-order valence-corrected chi connectivity index (χ1v) is 8.93. The summed E-state index contributed by atoms with van der Waals surface area (Å²) in [5.41, 5.74) is 0.142. The summed E-state index contributed by atoms with van der Waals surface area (Å²) in [4.78, 5) is 0. The predicted molar refractivity (Wildman–Crippen MR) is 83.5 cm³/mol. The van der Waals surface area contributed by atoms with Gasteiger partial charge in [0.2, 0.25) is 0 Å². The number of rotatable bonds is 6. The fraction of sp³-hybridized carbons (Fsp3) is 0.467. The van der Waals surface area contributed by atoms with Crippen molar-refractivity contribution in [1.29, 1.82) is 0 Å². The molecule has 1 N–H and O–H groups in total. The molecule has 6 nitrogen and oxygen atoms in total. The van der Waals surface area contributed by atoms with Crippen molar-refractivity contribution in [3.8, 4) is 11.5 Å². The molecule has 1 aromatic carbocycles. The molecule has 2 rings (SSSR count). The van der Waals surface area contributed by atoms with Gasteiger partial charge in [0.25, 0.3) is 0 Å². The number of hydrogen-bond donors (Lipinski definition) is 1. The van der Waals surface area contributed by atoms with E-state index in [1.54, 1.807) is 0 Å². The topological polar surface area (TPSA) is 74.2 Å². The lowest BCUT2D eigenvalue weighted by molar-refractivity contribution is -0.314. The van der Waals surface area contributed by atoms with Gasteiger partial charge >= 0.3 is 19.6 Å². The van der Waals surface area contributed by atoms with Crippen molar-refractivity contribution in [2.75, 3.05) is 20.3 Å². The lowest BCUT2D eigenvalue weighted by Crippen LogP contribution is -2.53. The average Bonchev–Trinajstić information content (AvgIpc) is 2.53. The Morgan fingerprint density at radius 1 is 1.24 bits per heavy atom. The van der Waals surface area contributed by atoms with Crippen molar-refractivity contribution in [2.45, 2.75) is 25.8 Å². The van der Waals surface area contributed by atoms with E-state index in [4.69, 9.17) is 18.5 Å². The number of fused-ring (bicyclic) bond motifs is 1. The van der Waals surface area contributed by atoms with E-state index in [9.17, 15) is 22.8 Å². The van der Waals surface area contributed by atoms with Crippen LogP contribution in [0.1, 0.15) is 19.4 Å². The van der Waals surface area contributed by atoms with Crippen LogP contribution in [0.2, 0.25) is 0 Å². The molecule has 0 bridgehead atoms. The van der Waals surface area contributed by atoms with Gasteiger partial charge in [0, 0.05) is 5.56 Å². The molecule has 140 valence electrons. The molecule has 25 heavy (non-hydrogen) atoms. The zero-order valence-corrected chi connectivity index (χ0v) is 14.7. The van der Waals surface area contributed by atoms with E-state index in [0.717, 1.165) is 6.08 Å². The quantitative estimate of drug-likeness (QED) is 0.752. The van der Waals surface area contributed by atoms with E-state index in [1.807, 2.05) is 0 Å². The van der Waals surface area contributed by atoms with Gasteiger partial charge in [-0.3, -0.25) is 4.57 Å². The Labute approximate surface area is 142 Å². The van der Waals surface area contributed by atoms with Gasteiger partial charge in [0.05, 0.1) is 20.3 Å². The van der Waals surface area contributed by atoms with Gasteiger partial charge in [0.1, 0.15) is 16.8 Å². The summed E-state index contributed by atoms with van der Waals surface area (Å²) in [5.74, 6) is -3.74. The van der Waals surface area contributed by atoms with Crippen LogP contribution in [0.25, 0.3) is 6.08 Å². The minimum absolute atomic E-state index is 0.142. The van der Waals surface area contributed by atoms with Crippen molar-refractivity contribution >= 4 is 13.7 Å². The molecule has 0 saturated heterocycles. The Morgan fingerprint density at radius 2 is 1.84 bits per heavy atom. The lowest BCUT2D eigenvalue weighted by atomic mass is 10.1. The van der Waals surface area contributed by atoms with Crippen LogP contribution < -0.4 is 9.47 Å². The zero-order valence-electron chi connectivity index (χ0n) is 13.8. The molecule has 0 spiro atoms. The summed E-state index contributed by atoms with van der Waals surface area (Å²) < 4.78 is 73.3. The third kappa shape index (κ3) is 3.55. The molecule has 0 fully saturated rings. The molecule has 1 unspecified atom stereocenters. The van der Waals surface area contributed by atoms with Crippen LogP contribution >= 0.6 is 7.60 Å². The summed E-state index contributed by atoms with van der Waals surface area (Å²) in [6.45, 7) is 2.51. The van der Waals surface area contributed by atoms with Gasteiger partial charge < -0.3 is 23.6 Å². The van der Waals surface area contributed by atoms with Crippen molar-refractivity contribution < 1.29 is 41.4 Å². The van der Waals surface area contributed by atoms with Crippen molar-refractivity contribution in [1.82, 2.24) is 0 Å². The third-order valence-corrected chi connectivity index (χ3v) is 5.61. The SMILES string of the molecule is CCOP(=O)(OCC)C1=Cc2cc(OC)ccc2OC1(O)C(F)(F)F. The Balaban J connectivity index is 2.70. The summed E-state index contributed by atoms with van der Waals surface area (Å²) in [6, 6.07) is 3.97. The average molecular weight is 382 g/mol. The highest BCUT2D eigenvalue weighted by molar-refractivity contribution is 7.58. The van der Waals surface area contributed by atoms with E-state index >= 15 is 0 Å². The molecule has 1 aliphatic heterocycles. The molecule has 0 aliphatic carbocycles. The highest BCUT2D eigenvalue weighted by Crippen LogP contribution is 2.64. The number of alkyl halides is 3. The normalized spacial score (nSPS) is 20.5. The number of aliphatic hydroxyl groups is 1. The molecule has 0 aromatic heterocycles. The maximum absolute atomic E-state index is 13.6. The monoisotopic (exact) mass is 382 g/mol. The lowest BCUT2D eigenvalue weighted by Gasteiger charge is -2.38. The van der Waals surface area contributed by atoms with Crippen molar-refractivity contribution in [3.05, 3.63) is 29.1 Å². The van der Waals surface area contributed by atoms with Crippen molar-refractivity contribution in [3.63, 3.8) is 0 Å². The number of ether oxygens (including phenoxy) is 2. The van der Waals surface area contributed by atoms with Gasteiger partial charge in [-0.1, -0.05) is 0 Å². The van der Waals surface area contributed by atoms with Gasteiger partial charge in [-0.2, -0.15) is 13.2 Å². The molecular weight excluding hydrogens is 364 g/mol. The number of hydrogen-bond acceptors (Lipinski definition) is 6. The molecular formula is C15H18F3O6P. The smallest absolute Gasteiger partial charge is 0.460 e. The van der Waals surface area contributed by atoms with Crippen LogP contribution in [0.15, 0.2) is 23.5 Å². The minimum Gasteiger partial charge on any atom is -0.497 e. The van der Waals surface area contributed by atoms with E-state index in [1.165, 1.54) is 39.2 Å². The van der Waals surface area contributed by atoms with E-state index in [-0.39, 0.29) is 24.5 Å². The Morgan fingerprint density at radius 3 is 2.32 bits per heavy atom. The van der Waals surface area contributed by atoms with Crippen LogP contribution in [0.5, 0.6) is 11.5 Å². The molecule has 1 atom stereocenters. The maximum Gasteiger partial charge on any atom is 0.460 e. The van der Waals surface area contributed by atoms with E-state index in [2.05, 4.69) is 0 Å². The fourth-order valence-corrected chi connectivity index (χ4v) is 4.17. The van der Waals surface area contributed by atoms with E-state index in [0.29, 0.717) is 5.75 Å². The Kier molecular flexibility index (Phi) is 5.53. The third-order valence-electron chi connectivity index (χ3n) is 3.39. The molecule has 1 aromatic rings. The number of halogens is 3. The van der Waals surface area contributed by atoms with Crippen LogP contribution in [0.3, 0.4) is 0 Å². The first-order valence-electron chi connectivity index (χ1n) is 7.39. The second-order valence-corrected chi connectivity index (χ2v) is 7.00. The van der Waals surface area contributed by atoms with Crippen LogP contribution in [0.4, 0.5) is 13.2 Å². The van der Waals surface area contributed by atoms with Crippen LogP contribution in [-0.2, 0) is 13.6 Å². The predicted octanol–water partition coefficient (Wildman–Crippen LogP) is 3.95. The van der Waals surface area contributed by atoms with Gasteiger partial charge in [-0.25, -0.2) is 0 Å². The molecule has 0 amide bonds. The van der Waals surface area contributed by atoms with E-state index < -0.39 is 24.9 Å². The summed E-state index contributed by atoms with van der Waals surface area (Å²) in [7, 11) is -3.08. The Bertz CT molecular complexity index is 708. The molecule has 1 aliphatic rings. The molecule has 0 radical (unpaired) electrons.